The van der Waals surface area contributed by atoms with Gasteiger partial charge in [-0.05, 0) is 170 Å². The first-order valence-corrected chi connectivity index (χ1v) is 35.0. The summed E-state index contributed by atoms with van der Waals surface area (Å²) >= 11 is 0. The molecule has 5 saturated carbocycles. The third kappa shape index (κ3) is 11.9. The lowest BCUT2D eigenvalue weighted by Crippen LogP contribution is -2.69. The largest absolute Gasteiger partial charge is 0.387 e. The first-order chi connectivity index (χ1) is 43.2. The van der Waals surface area contributed by atoms with E-state index in [4.69, 9.17) is 25.8 Å². The Kier molecular flexibility index (Phi) is 17.7. The van der Waals surface area contributed by atoms with Gasteiger partial charge < -0.3 is 62.6 Å². The minimum absolute atomic E-state index is 0.0487. The maximum absolute atomic E-state index is 11.7. The SMILES string of the molecule is CC(C)N(CC1OC(N2CN(C3CCCC3)C3C(N)NCNC32)C(O)C1O)C1CC(CCC2Nc3ccc(C4(C#[N+]CC(C)N(CC5OC(N6CNC7C(N)NCNC76)C(O)C5O)C5CC(CCC6Nc7ccc(C8CCC8)cc7N6)C5)CCC4)cc3N2)C1. The molecule has 17 N–H and O–H groups in total. The van der Waals surface area contributed by atoms with Crippen LogP contribution < -0.4 is 59.3 Å². The van der Waals surface area contributed by atoms with E-state index in [-0.39, 0.29) is 66.6 Å². The van der Waals surface area contributed by atoms with Crippen LogP contribution in [0, 0.1) is 17.9 Å². The van der Waals surface area contributed by atoms with E-state index in [0.29, 0.717) is 82.2 Å². The van der Waals surface area contributed by atoms with Crippen LogP contribution in [0.3, 0.4) is 0 Å². The van der Waals surface area contributed by atoms with Crippen molar-refractivity contribution in [3.63, 3.8) is 0 Å². The molecule has 6 saturated heterocycles. The lowest BCUT2D eigenvalue weighted by atomic mass is 9.65. The number of aliphatic hydroxyl groups excluding tert-OH is 4. The van der Waals surface area contributed by atoms with Crippen molar-refractivity contribution in [3.8, 4) is 6.07 Å². The zero-order valence-corrected chi connectivity index (χ0v) is 52.9. The fraction of sp³-hybridized carbons (Fsp3) is 0.803. The molecule has 0 aromatic heterocycles. The van der Waals surface area contributed by atoms with Crippen LogP contribution >= 0.6 is 0 Å². The Morgan fingerprint density at radius 2 is 1.22 bits per heavy atom. The predicted molar refractivity (Wildman–Crippen MR) is 344 cm³/mol. The van der Waals surface area contributed by atoms with Gasteiger partial charge in [-0.1, -0.05) is 36.2 Å². The third-order valence-corrected chi connectivity index (χ3v) is 24.2. The molecular weight excluding hydrogens is 1130 g/mol. The fourth-order valence-electron chi connectivity index (χ4n) is 18.3. The summed E-state index contributed by atoms with van der Waals surface area (Å²) in [4.78, 5) is 17.1. The minimum atomic E-state index is -1.06. The fourth-order valence-corrected chi connectivity index (χ4v) is 18.3. The molecule has 2 aromatic carbocycles. The van der Waals surface area contributed by atoms with E-state index in [1.807, 2.05) is 0 Å². The second kappa shape index (κ2) is 25.6. The van der Waals surface area contributed by atoms with Crippen molar-refractivity contribution in [2.75, 3.05) is 67.6 Å². The summed E-state index contributed by atoms with van der Waals surface area (Å²) in [5.74, 6) is 1.94. The summed E-state index contributed by atoms with van der Waals surface area (Å²) in [6, 6.07) is 19.1. The molecule has 490 valence electrons. The van der Waals surface area contributed by atoms with Crippen LogP contribution in [0.2, 0.25) is 0 Å². The molecule has 23 heteroatoms. The first-order valence-electron chi connectivity index (χ1n) is 35.0. The number of ether oxygens (including phenoxy) is 2. The van der Waals surface area contributed by atoms with Crippen LogP contribution in [0.15, 0.2) is 36.4 Å². The number of rotatable bonds is 20. The van der Waals surface area contributed by atoms with E-state index in [1.54, 1.807) is 0 Å². The molecule has 0 spiro atoms. The van der Waals surface area contributed by atoms with Crippen molar-refractivity contribution in [3.05, 3.63) is 52.4 Å². The molecule has 17 atom stereocenters. The summed E-state index contributed by atoms with van der Waals surface area (Å²) < 4.78 is 13.4. The van der Waals surface area contributed by atoms with Crippen molar-refractivity contribution < 1.29 is 29.9 Å². The number of hydrogen-bond donors (Lipinski definition) is 15. The van der Waals surface area contributed by atoms with E-state index in [0.717, 1.165) is 82.0 Å². The van der Waals surface area contributed by atoms with Crippen molar-refractivity contribution in [1.82, 2.24) is 51.1 Å². The monoisotopic (exact) mass is 1230 g/mol. The van der Waals surface area contributed by atoms with E-state index in [1.165, 1.54) is 67.4 Å². The Balaban J connectivity index is 0.547. The van der Waals surface area contributed by atoms with Crippen LogP contribution in [-0.4, -0.2) is 220 Å². The molecular formula is C66H106N17O6+. The molecule has 13 aliphatic rings. The maximum atomic E-state index is 11.7. The van der Waals surface area contributed by atoms with Gasteiger partial charge in [0.25, 0.3) is 12.6 Å². The minimum Gasteiger partial charge on any atom is -0.387 e. The summed E-state index contributed by atoms with van der Waals surface area (Å²) in [6.07, 6.45) is 14.1. The number of aliphatic hydroxyl groups is 4. The average molecular weight is 1230 g/mol. The summed E-state index contributed by atoms with van der Waals surface area (Å²) in [5, 5.41) is 79.0. The second-order valence-electron chi connectivity index (χ2n) is 29.9. The number of fused-ring (bicyclic) bond motifs is 4. The quantitative estimate of drug-likeness (QED) is 0.0908. The zero-order valence-electron chi connectivity index (χ0n) is 52.9. The van der Waals surface area contributed by atoms with Crippen molar-refractivity contribution >= 4 is 22.7 Å². The lowest BCUT2D eigenvalue weighted by molar-refractivity contribution is -0.113. The number of hydrogen-bond acceptors (Lipinski definition) is 22. The Labute approximate surface area is 527 Å². The number of benzene rings is 2. The molecule has 8 heterocycles. The van der Waals surface area contributed by atoms with Crippen molar-refractivity contribution in [2.45, 2.75) is 276 Å². The number of anilines is 4. The highest BCUT2D eigenvalue weighted by Gasteiger charge is 2.57. The topological polar surface area (TPSA) is 280 Å². The number of nitrogens with one attached hydrogen (secondary N) is 9. The van der Waals surface area contributed by atoms with Gasteiger partial charge >= 0.3 is 0 Å². The zero-order chi connectivity index (χ0) is 60.8. The molecule has 0 radical (unpaired) electrons. The number of nitrogens with two attached hydrogens (primary N) is 2. The molecule has 89 heavy (non-hydrogen) atoms. The Hall–Kier alpha value is -3.59. The van der Waals surface area contributed by atoms with Gasteiger partial charge in [-0.25, -0.2) is 9.80 Å². The second-order valence-corrected chi connectivity index (χ2v) is 29.9. The summed E-state index contributed by atoms with van der Waals surface area (Å²) in [5.41, 5.74) is 20.4. The molecule has 15 rings (SSSR count). The smallest absolute Gasteiger partial charge is 0.284 e. The van der Waals surface area contributed by atoms with Gasteiger partial charge in [0.2, 0.25) is 0 Å². The van der Waals surface area contributed by atoms with E-state index in [9.17, 15) is 20.4 Å². The van der Waals surface area contributed by atoms with E-state index >= 15 is 0 Å². The molecule has 0 amide bonds. The standard InChI is InChI=1S/C66H106N17O6/c1-36(2)79(29-50-56(84)59(87)65(89-50)83-35-82(43-10-4-5-11-43)55-61(68)71-33-73-63(55)83)44-22-38(23-44)12-19-53-76-47-17-15-42(27-49(47)78-53)66(20-7-21-66)31-69-28-37(3)80(30-51-57(85)58(86)64(88-51)81-34-74-54-60(67)70-32-72-62(54)81)45-24-39(25-45)13-18-52-75-46-16-14-41(26-48(46)77-52)40-8-6-9-40/h14-17,26-27,36-40,43-45,50-65,70-78,84-87H,4-13,18-25,28-30,32-35,67-68H2,1-3H3/q+1. The molecule has 5 aliphatic carbocycles. The van der Waals surface area contributed by atoms with E-state index in [2.05, 4.69) is 136 Å². The molecule has 23 nitrogen and oxygen atoms in total. The van der Waals surface area contributed by atoms with Crippen molar-refractivity contribution in [1.29, 1.82) is 0 Å². The highest BCUT2D eigenvalue weighted by molar-refractivity contribution is 5.76. The van der Waals surface area contributed by atoms with Gasteiger partial charge in [0, 0.05) is 50.6 Å². The van der Waals surface area contributed by atoms with E-state index < -0.39 is 49.1 Å². The normalized spacial score (nSPS) is 40.4. The van der Waals surface area contributed by atoms with Gasteiger partial charge in [-0.2, -0.15) is 0 Å². The van der Waals surface area contributed by atoms with Gasteiger partial charge in [0.1, 0.15) is 54.5 Å². The van der Waals surface area contributed by atoms with Gasteiger partial charge in [-0.3, -0.25) is 41.3 Å². The van der Waals surface area contributed by atoms with Crippen LogP contribution in [0.4, 0.5) is 22.7 Å². The molecule has 17 unspecified atom stereocenters. The van der Waals surface area contributed by atoms with Crippen LogP contribution in [0.25, 0.3) is 4.85 Å². The van der Waals surface area contributed by atoms with Gasteiger partial charge in [0.15, 0.2) is 0 Å². The molecule has 0 bridgehead atoms. The highest BCUT2D eigenvalue weighted by Crippen LogP contribution is 2.48. The van der Waals surface area contributed by atoms with Gasteiger partial charge in [0.05, 0.1) is 91.2 Å². The third-order valence-electron chi connectivity index (χ3n) is 24.2. The predicted octanol–water partition coefficient (Wildman–Crippen LogP) is 2.79. The van der Waals surface area contributed by atoms with Crippen LogP contribution in [0.5, 0.6) is 0 Å². The Bertz CT molecular complexity index is 2840. The first kappa shape index (κ1) is 61.6. The summed E-state index contributed by atoms with van der Waals surface area (Å²) in [7, 11) is 0. The Morgan fingerprint density at radius 3 is 1.85 bits per heavy atom. The van der Waals surface area contributed by atoms with Crippen LogP contribution in [0.1, 0.15) is 153 Å². The van der Waals surface area contributed by atoms with Crippen LogP contribution in [-0.2, 0) is 14.9 Å². The molecule has 8 aliphatic heterocycles. The molecule has 11 fully saturated rings. The number of nitrogens with zero attached hydrogens (tertiary/aromatic N) is 6. The van der Waals surface area contributed by atoms with Gasteiger partial charge in [-0.15, -0.1) is 0 Å². The Morgan fingerprint density at radius 1 is 0.629 bits per heavy atom. The average Bonchev–Trinajstić information content (AvgIpc) is 1.69. The molecule has 2 aromatic rings. The summed E-state index contributed by atoms with van der Waals surface area (Å²) in [6.45, 7) is 10.7. The van der Waals surface area contributed by atoms with Crippen molar-refractivity contribution in [2.24, 2.45) is 23.3 Å². The lowest BCUT2D eigenvalue weighted by Gasteiger charge is -2.46. The maximum Gasteiger partial charge on any atom is 0.284 e. The highest BCUT2D eigenvalue weighted by atomic mass is 16.6.